The molecule has 1 aliphatic heterocycles. The Hall–Kier alpha value is -1.26. The van der Waals surface area contributed by atoms with E-state index in [1.807, 2.05) is 32.0 Å². The van der Waals surface area contributed by atoms with Gasteiger partial charge in [-0.25, -0.2) is 4.79 Å². The molecule has 0 saturated carbocycles. The zero-order valence-electron chi connectivity index (χ0n) is 11.6. The molecule has 0 aromatic heterocycles. The molecule has 0 bridgehead atoms. The van der Waals surface area contributed by atoms with E-state index in [4.69, 9.17) is 10.5 Å². The number of nitrogens with two attached hydrogens (primary N) is 1. The number of carbonyl (C=O) groups is 1. The summed E-state index contributed by atoms with van der Waals surface area (Å²) in [4.78, 5) is 13.7. The van der Waals surface area contributed by atoms with Gasteiger partial charge in [-0.2, -0.15) is 0 Å². The van der Waals surface area contributed by atoms with Gasteiger partial charge >= 0.3 is 5.97 Å². The molecule has 2 rings (SSSR count). The van der Waals surface area contributed by atoms with Crippen LogP contribution in [0.5, 0.6) is 0 Å². The Bertz CT molecular complexity index is 469. The monoisotopic (exact) mass is 284 g/mol. The van der Waals surface area contributed by atoms with Crippen molar-refractivity contribution in [2.24, 2.45) is 5.73 Å². The number of methoxy groups -OCH3 is 1. The number of carbonyl (C=O) groups excluding carboxylic acids is 1. The third kappa shape index (κ3) is 3.61. The molecule has 0 unspecified atom stereocenters. The van der Waals surface area contributed by atoms with E-state index in [1.165, 1.54) is 18.4 Å². The summed E-state index contributed by atoms with van der Waals surface area (Å²) in [6.45, 7) is 5.82. The maximum absolute atomic E-state index is 11.5. The molecular formula is C14H21ClN2O2. The average Bonchev–Trinajstić information content (AvgIpc) is 2.68. The summed E-state index contributed by atoms with van der Waals surface area (Å²) < 4.78 is 4.73. The highest BCUT2D eigenvalue weighted by Gasteiger charge is 2.24. The van der Waals surface area contributed by atoms with Crippen LogP contribution in [0.3, 0.4) is 0 Å². The van der Waals surface area contributed by atoms with Crippen molar-refractivity contribution < 1.29 is 9.53 Å². The Morgan fingerprint density at radius 1 is 1.47 bits per heavy atom. The third-order valence-corrected chi connectivity index (χ3v) is 3.09. The molecule has 0 aliphatic carbocycles. The number of hydrogen-bond acceptors (Lipinski definition) is 4. The van der Waals surface area contributed by atoms with Crippen LogP contribution in [0.1, 0.15) is 29.8 Å². The average molecular weight is 285 g/mol. The van der Waals surface area contributed by atoms with Crippen LogP contribution in [-0.2, 0) is 11.2 Å². The van der Waals surface area contributed by atoms with E-state index in [-0.39, 0.29) is 23.9 Å². The molecule has 0 spiro atoms. The zero-order chi connectivity index (χ0) is 13.3. The lowest BCUT2D eigenvalue weighted by Crippen LogP contribution is -2.44. The highest BCUT2D eigenvalue weighted by Crippen LogP contribution is 2.29. The molecule has 19 heavy (non-hydrogen) atoms. The number of rotatable bonds is 3. The van der Waals surface area contributed by atoms with Gasteiger partial charge in [-0.3, -0.25) is 0 Å². The molecule has 0 amide bonds. The number of ether oxygens (including phenoxy) is 1. The normalized spacial score (nSPS) is 13.8. The molecule has 0 fully saturated rings. The molecular weight excluding hydrogens is 264 g/mol. The van der Waals surface area contributed by atoms with E-state index in [2.05, 4.69) is 4.90 Å². The van der Waals surface area contributed by atoms with Gasteiger partial charge in [0.05, 0.1) is 12.7 Å². The molecule has 0 radical (unpaired) electrons. The quantitative estimate of drug-likeness (QED) is 0.863. The second kappa shape index (κ2) is 5.80. The largest absolute Gasteiger partial charge is 0.465 e. The van der Waals surface area contributed by atoms with Crippen molar-refractivity contribution in [3.63, 3.8) is 0 Å². The van der Waals surface area contributed by atoms with Gasteiger partial charge in [0.1, 0.15) is 0 Å². The maximum atomic E-state index is 11.5. The van der Waals surface area contributed by atoms with Crippen molar-refractivity contribution in [2.45, 2.75) is 25.8 Å². The number of fused-ring (bicyclic) bond motifs is 1. The highest BCUT2D eigenvalue weighted by molar-refractivity contribution is 5.90. The molecule has 1 aromatic carbocycles. The minimum Gasteiger partial charge on any atom is -0.465 e. The summed E-state index contributed by atoms with van der Waals surface area (Å²) in [5.74, 6) is -0.282. The van der Waals surface area contributed by atoms with Crippen molar-refractivity contribution in [3.05, 3.63) is 29.3 Å². The van der Waals surface area contributed by atoms with E-state index >= 15 is 0 Å². The lowest BCUT2D eigenvalue weighted by atomic mass is 10.1. The first-order chi connectivity index (χ1) is 8.40. The SMILES string of the molecule is COC(=O)c1ccc2c(c1)CCN2CC(C)(C)N.Cl. The highest BCUT2D eigenvalue weighted by atomic mass is 35.5. The Kier molecular flexibility index (Phi) is 4.82. The molecule has 1 aromatic rings. The van der Waals surface area contributed by atoms with Crippen molar-refractivity contribution in [3.8, 4) is 0 Å². The van der Waals surface area contributed by atoms with E-state index < -0.39 is 0 Å². The van der Waals surface area contributed by atoms with Crippen LogP contribution < -0.4 is 10.6 Å². The van der Waals surface area contributed by atoms with Crippen LogP contribution in [-0.4, -0.2) is 31.7 Å². The van der Waals surface area contributed by atoms with E-state index in [0.29, 0.717) is 5.56 Å². The molecule has 1 aliphatic rings. The van der Waals surface area contributed by atoms with Crippen LogP contribution in [0.15, 0.2) is 18.2 Å². The van der Waals surface area contributed by atoms with Gasteiger partial charge in [-0.1, -0.05) is 0 Å². The minimum atomic E-state index is -0.282. The number of esters is 1. The van der Waals surface area contributed by atoms with Crippen molar-refractivity contribution in [1.29, 1.82) is 0 Å². The third-order valence-electron chi connectivity index (χ3n) is 3.09. The van der Waals surface area contributed by atoms with Gasteiger partial charge in [0.25, 0.3) is 0 Å². The van der Waals surface area contributed by atoms with Gasteiger partial charge in [-0.05, 0) is 44.0 Å². The lowest BCUT2D eigenvalue weighted by Gasteiger charge is -2.28. The number of benzene rings is 1. The summed E-state index contributed by atoms with van der Waals surface area (Å²) in [7, 11) is 1.40. The molecule has 106 valence electrons. The first-order valence-corrected chi connectivity index (χ1v) is 6.16. The van der Waals surface area contributed by atoms with Crippen LogP contribution in [0.2, 0.25) is 0 Å². The molecule has 2 N–H and O–H groups in total. The fourth-order valence-electron chi connectivity index (χ4n) is 2.37. The van der Waals surface area contributed by atoms with Gasteiger partial charge in [-0.15, -0.1) is 12.4 Å². The summed E-state index contributed by atoms with van der Waals surface area (Å²) in [6, 6.07) is 5.72. The van der Waals surface area contributed by atoms with Crippen molar-refractivity contribution in [1.82, 2.24) is 0 Å². The van der Waals surface area contributed by atoms with Gasteiger partial charge < -0.3 is 15.4 Å². The predicted octanol–water partition coefficient (Wildman–Crippen LogP) is 1.99. The number of hydrogen-bond donors (Lipinski definition) is 1. The topological polar surface area (TPSA) is 55.6 Å². The molecule has 5 heteroatoms. The van der Waals surface area contributed by atoms with Crippen molar-refractivity contribution in [2.75, 3.05) is 25.1 Å². The van der Waals surface area contributed by atoms with Gasteiger partial charge in [0.2, 0.25) is 0 Å². The van der Waals surface area contributed by atoms with Gasteiger partial charge in [0.15, 0.2) is 0 Å². The summed E-state index contributed by atoms with van der Waals surface area (Å²) >= 11 is 0. The van der Waals surface area contributed by atoms with E-state index in [1.54, 1.807) is 0 Å². The second-order valence-corrected chi connectivity index (χ2v) is 5.50. The standard InChI is InChI=1S/C14H20N2O2.ClH/c1-14(2,15)9-16-7-6-10-8-11(13(17)18-3)4-5-12(10)16;/h4-5,8H,6-7,9,15H2,1-3H3;1H. The molecule has 0 atom stereocenters. The fraction of sp³-hybridized carbons (Fsp3) is 0.500. The molecule has 1 heterocycles. The molecule has 4 nitrogen and oxygen atoms in total. The van der Waals surface area contributed by atoms with Crippen LogP contribution in [0.4, 0.5) is 5.69 Å². The Balaban J connectivity index is 0.00000180. The van der Waals surface area contributed by atoms with E-state index in [0.717, 1.165) is 19.5 Å². The zero-order valence-corrected chi connectivity index (χ0v) is 12.4. The number of halogens is 1. The van der Waals surface area contributed by atoms with Gasteiger partial charge in [0, 0.05) is 24.3 Å². The first kappa shape index (κ1) is 15.8. The Morgan fingerprint density at radius 2 is 2.16 bits per heavy atom. The fourth-order valence-corrected chi connectivity index (χ4v) is 2.37. The number of nitrogens with zero attached hydrogens (tertiary/aromatic N) is 1. The summed E-state index contributed by atoms with van der Waals surface area (Å²) in [5, 5.41) is 0. The Labute approximate surface area is 120 Å². The van der Waals surface area contributed by atoms with Crippen LogP contribution >= 0.6 is 12.4 Å². The summed E-state index contributed by atoms with van der Waals surface area (Å²) in [6.07, 6.45) is 0.955. The van der Waals surface area contributed by atoms with E-state index in [9.17, 15) is 4.79 Å². The molecule has 0 saturated heterocycles. The van der Waals surface area contributed by atoms with Crippen LogP contribution in [0, 0.1) is 0 Å². The first-order valence-electron chi connectivity index (χ1n) is 6.16. The lowest BCUT2D eigenvalue weighted by molar-refractivity contribution is 0.0600. The smallest absolute Gasteiger partial charge is 0.337 e. The number of anilines is 1. The predicted molar refractivity (Wildman–Crippen MR) is 79.2 cm³/mol. The minimum absolute atomic E-state index is 0. The Morgan fingerprint density at radius 3 is 2.74 bits per heavy atom. The summed E-state index contributed by atoms with van der Waals surface area (Å²) in [5.41, 5.74) is 8.83. The maximum Gasteiger partial charge on any atom is 0.337 e. The van der Waals surface area contributed by atoms with Crippen LogP contribution in [0.25, 0.3) is 0 Å². The second-order valence-electron chi connectivity index (χ2n) is 5.50. The van der Waals surface area contributed by atoms with Crippen molar-refractivity contribution >= 4 is 24.1 Å².